The lowest BCUT2D eigenvalue weighted by Crippen LogP contribution is -2.45. The van der Waals surface area contributed by atoms with Crippen LogP contribution >= 0.6 is 0 Å². The van der Waals surface area contributed by atoms with E-state index in [1.807, 2.05) is 66.7 Å². The van der Waals surface area contributed by atoms with Crippen LogP contribution in [0.5, 0.6) is 11.5 Å². The molecule has 0 saturated heterocycles. The van der Waals surface area contributed by atoms with Gasteiger partial charge >= 0.3 is 0 Å². The standard InChI is InChI=1S/C26H24N2O4S/c1-19(26(29)27-25-14-8-10-20-9-6-7-13-24(20)25)28(33(2,30)31)21-15-17-23(18-16-21)32-22-11-4-3-5-12-22/h3-19H,1-2H3,(H,27,29)/t19-/m1/s1. The van der Waals surface area contributed by atoms with E-state index in [2.05, 4.69) is 5.32 Å². The normalized spacial score (nSPS) is 12.2. The zero-order valence-electron chi connectivity index (χ0n) is 18.3. The summed E-state index contributed by atoms with van der Waals surface area (Å²) in [4.78, 5) is 13.1. The summed E-state index contributed by atoms with van der Waals surface area (Å²) in [6.07, 6.45) is 1.09. The van der Waals surface area contributed by atoms with Gasteiger partial charge in [0.1, 0.15) is 17.5 Å². The second-order valence-corrected chi connectivity index (χ2v) is 9.52. The first-order valence-electron chi connectivity index (χ1n) is 10.4. The SMILES string of the molecule is C[C@H](C(=O)Nc1cccc2ccccc12)N(c1ccc(Oc2ccccc2)cc1)S(C)(=O)=O. The molecular weight excluding hydrogens is 436 g/mol. The molecule has 0 spiro atoms. The number of carbonyl (C=O) groups is 1. The Hall–Kier alpha value is -3.84. The van der Waals surface area contributed by atoms with Crippen molar-refractivity contribution in [3.63, 3.8) is 0 Å². The Morgan fingerprint density at radius 1 is 0.818 bits per heavy atom. The van der Waals surface area contributed by atoms with Gasteiger partial charge in [0.25, 0.3) is 0 Å². The molecule has 0 aliphatic rings. The molecule has 1 amide bonds. The molecule has 0 fully saturated rings. The van der Waals surface area contributed by atoms with Crippen molar-refractivity contribution in [3.8, 4) is 11.5 Å². The second kappa shape index (κ2) is 9.34. The van der Waals surface area contributed by atoms with Gasteiger partial charge < -0.3 is 10.1 Å². The molecule has 33 heavy (non-hydrogen) atoms. The monoisotopic (exact) mass is 460 g/mol. The summed E-state index contributed by atoms with van der Waals surface area (Å²) in [6.45, 7) is 1.57. The molecule has 4 aromatic carbocycles. The van der Waals surface area contributed by atoms with E-state index in [0.29, 0.717) is 22.9 Å². The Kier molecular flexibility index (Phi) is 6.33. The predicted molar refractivity (Wildman–Crippen MR) is 132 cm³/mol. The van der Waals surface area contributed by atoms with E-state index in [4.69, 9.17) is 4.74 Å². The number of anilines is 2. The highest BCUT2D eigenvalue weighted by atomic mass is 32.2. The maximum Gasteiger partial charge on any atom is 0.248 e. The van der Waals surface area contributed by atoms with Crippen LogP contribution in [-0.2, 0) is 14.8 Å². The van der Waals surface area contributed by atoms with Gasteiger partial charge in [-0.05, 0) is 54.8 Å². The summed E-state index contributed by atoms with van der Waals surface area (Å²) in [5.41, 5.74) is 1.00. The minimum Gasteiger partial charge on any atom is -0.457 e. The fourth-order valence-electron chi connectivity index (χ4n) is 3.67. The first-order chi connectivity index (χ1) is 15.8. The van der Waals surface area contributed by atoms with Crippen molar-refractivity contribution in [3.05, 3.63) is 97.1 Å². The number of amides is 1. The number of para-hydroxylation sites is 1. The van der Waals surface area contributed by atoms with Crippen LogP contribution < -0.4 is 14.4 Å². The minimum atomic E-state index is -3.74. The van der Waals surface area contributed by atoms with E-state index in [-0.39, 0.29) is 0 Å². The van der Waals surface area contributed by atoms with Crippen LogP contribution in [0.15, 0.2) is 97.1 Å². The molecular formula is C26H24N2O4S. The van der Waals surface area contributed by atoms with Gasteiger partial charge in [-0.2, -0.15) is 0 Å². The fraction of sp³-hybridized carbons (Fsp3) is 0.115. The molecule has 168 valence electrons. The average Bonchev–Trinajstić information content (AvgIpc) is 2.80. The van der Waals surface area contributed by atoms with Crippen molar-refractivity contribution in [1.29, 1.82) is 0 Å². The van der Waals surface area contributed by atoms with Gasteiger partial charge in [0.15, 0.2) is 0 Å². The Morgan fingerprint density at radius 2 is 1.42 bits per heavy atom. The molecule has 7 heteroatoms. The molecule has 4 rings (SSSR count). The first kappa shape index (κ1) is 22.4. The molecule has 1 N–H and O–H groups in total. The van der Waals surface area contributed by atoms with Gasteiger partial charge in [0, 0.05) is 11.1 Å². The number of sulfonamides is 1. The van der Waals surface area contributed by atoms with Crippen molar-refractivity contribution in [2.45, 2.75) is 13.0 Å². The summed E-state index contributed by atoms with van der Waals surface area (Å²) in [5, 5.41) is 4.75. The van der Waals surface area contributed by atoms with E-state index < -0.39 is 22.0 Å². The largest absolute Gasteiger partial charge is 0.457 e. The molecule has 1 atom stereocenters. The number of ether oxygens (including phenoxy) is 1. The zero-order valence-corrected chi connectivity index (χ0v) is 19.1. The third-order valence-corrected chi connectivity index (χ3v) is 6.45. The van der Waals surface area contributed by atoms with Gasteiger partial charge in [-0.25, -0.2) is 8.42 Å². The number of nitrogens with one attached hydrogen (secondary N) is 1. The van der Waals surface area contributed by atoms with Gasteiger partial charge in [0.05, 0.1) is 11.9 Å². The van der Waals surface area contributed by atoms with E-state index in [0.717, 1.165) is 21.3 Å². The number of nitrogens with zero attached hydrogens (tertiary/aromatic N) is 1. The maximum absolute atomic E-state index is 13.1. The second-order valence-electron chi connectivity index (χ2n) is 7.66. The third kappa shape index (κ3) is 5.15. The topological polar surface area (TPSA) is 75.7 Å². The zero-order chi connectivity index (χ0) is 23.4. The summed E-state index contributed by atoms with van der Waals surface area (Å²) < 4.78 is 32.2. The van der Waals surface area contributed by atoms with Crippen LogP contribution in [0.2, 0.25) is 0 Å². The van der Waals surface area contributed by atoms with Crippen molar-refractivity contribution >= 4 is 38.1 Å². The highest BCUT2D eigenvalue weighted by Crippen LogP contribution is 2.28. The predicted octanol–water partition coefficient (Wildman–Crippen LogP) is 5.43. The van der Waals surface area contributed by atoms with E-state index in [9.17, 15) is 13.2 Å². The number of rotatable bonds is 7. The van der Waals surface area contributed by atoms with Gasteiger partial charge in [-0.15, -0.1) is 0 Å². The smallest absolute Gasteiger partial charge is 0.248 e. The van der Waals surface area contributed by atoms with E-state index in [1.54, 1.807) is 37.3 Å². The third-order valence-electron chi connectivity index (χ3n) is 5.21. The number of fused-ring (bicyclic) bond motifs is 1. The lowest BCUT2D eigenvalue weighted by Gasteiger charge is -2.28. The van der Waals surface area contributed by atoms with Crippen molar-refractivity contribution in [2.75, 3.05) is 15.9 Å². The maximum atomic E-state index is 13.1. The molecule has 0 aliphatic carbocycles. The molecule has 0 radical (unpaired) electrons. The summed E-state index contributed by atoms with van der Waals surface area (Å²) in [6, 6.07) is 28.2. The molecule has 0 bridgehead atoms. The van der Waals surface area contributed by atoms with Crippen LogP contribution in [0.25, 0.3) is 10.8 Å². The van der Waals surface area contributed by atoms with E-state index >= 15 is 0 Å². The number of benzene rings is 4. The minimum absolute atomic E-state index is 0.374. The lowest BCUT2D eigenvalue weighted by molar-refractivity contribution is -0.116. The van der Waals surface area contributed by atoms with Gasteiger partial charge in [-0.1, -0.05) is 54.6 Å². The van der Waals surface area contributed by atoms with Crippen molar-refractivity contribution in [2.24, 2.45) is 0 Å². The van der Waals surface area contributed by atoms with E-state index in [1.165, 1.54) is 0 Å². The van der Waals surface area contributed by atoms with Crippen molar-refractivity contribution < 1.29 is 17.9 Å². The molecule has 0 aromatic heterocycles. The van der Waals surface area contributed by atoms with Crippen LogP contribution in [-0.4, -0.2) is 26.6 Å². The molecule has 6 nitrogen and oxygen atoms in total. The van der Waals surface area contributed by atoms with Crippen LogP contribution in [0.4, 0.5) is 11.4 Å². The summed E-state index contributed by atoms with van der Waals surface area (Å²) in [5.74, 6) is 0.806. The average molecular weight is 461 g/mol. The summed E-state index contributed by atoms with van der Waals surface area (Å²) >= 11 is 0. The quantitative estimate of drug-likeness (QED) is 0.399. The molecule has 0 unspecified atom stereocenters. The fourth-order valence-corrected chi connectivity index (χ4v) is 4.84. The van der Waals surface area contributed by atoms with Crippen LogP contribution in [0, 0.1) is 0 Å². The van der Waals surface area contributed by atoms with Gasteiger partial charge in [0.2, 0.25) is 15.9 Å². The molecule has 0 saturated carbocycles. The number of hydrogen-bond acceptors (Lipinski definition) is 4. The molecule has 4 aromatic rings. The number of hydrogen-bond donors (Lipinski definition) is 1. The van der Waals surface area contributed by atoms with Crippen LogP contribution in [0.1, 0.15) is 6.92 Å². The Labute approximate surface area is 193 Å². The highest BCUT2D eigenvalue weighted by Gasteiger charge is 2.29. The Bertz CT molecular complexity index is 1370. The first-order valence-corrected chi connectivity index (χ1v) is 12.3. The number of carbonyl (C=O) groups excluding carboxylic acids is 1. The Balaban J connectivity index is 1.57. The summed E-state index contributed by atoms with van der Waals surface area (Å²) in [7, 11) is -3.74. The molecule has 0 heterocycles. The van der Waals surface area contributed by atoms with Gasteiger partial charge in [-0.3, -0.25) is 9.10 Å². The van der Waals surface area contributed by atoms with Crippen LogP contribution in [0.3, 0.4) is 0 Å². The Morgan fingerprint density at radius 3 is 2.12 bits per heavy atom. The molecule has 0 aliphatic heterocycles. The lowest BCUT2D eigenvalue weighted by atomic mass is 10.1. The highest BCUT2D eigenvalue weighted by molar-refractivity contribution is 7.92. The van der Waals surface area contributed by atoms with Crippen molar-refractivity contribution in [1.82, 2.24) is 0 Å².